The van der Waals surface area contributed by atoms with E-state index in [9.17, 15) is 8.78 Å². The van der Waals surface area contributed by atoms with Crippen molar-refractivity contribution in [1.82, 2.24) is 0 Å². The minimum absolute atomic E-state index is 0.00801. The molecule has 1 aromatic carbocycles. The van der Waals surface area contributed by atoms with E-state index in [1.54, 1.807) is 6.07 Å². The predicted molar refractivity (Wildman–Crippen MR) is 46.1 cm³/mol. The van der Waals surface area contributed by atoms with Gasteiger partial charge in [-0.25, -0.2) is 0 Å². The van der Waals surface area contributed by atoms with Crippen LogP contribution >= 0.6 is 11.6 Å². The molecule has 0 bridgehead atoms. The minimum atomic E-state index is -2.85. The quantitative estimate of drug-likeness (QED) is 0.733. The first-order chi connectivity index (χ1) is 6.11. The summed E-state index contributed by atoms with van der Waals surface area (Å²) >= 11 is 5.62. The van der Waals surface area contributed by atoms with Gasteiger partial charge in [0.2, 0.25) is 0 Å². The Kier molecular flexibility index (Phi) is 3.25. The highest BCUT2D eigenvalue weighted by atomic mass is 35.5. The van der Waals surface area contributed by atoms with E-state index >= 15 is 0 Å². The Bertz CT molecular complexity index is 312. The predicted octanol–water partition coefficient (Wildman–Crippen LogP) is 3.28. The molecule has 1 rings (SSSR count). The number of ether oxygens (including phenoxy) is 1. The number of hydrogen-bond donors (Lipinski definition) is 0. The molecule has 0 atom stereocenters. The molecule has 1 radical (unpaired) electrons. The third-order valence-electron chi connectivity index (χ3n) is 1.30. The summed E-state index contributed by atoms with van der Waals surface area (Å²) in [6.07, 6.45) is 2.52. The van der Waals surface area contributed by atoms with E-state index in [0.29, 0.717) is 10.6 Å². The summed E-state index contributed by atoms with van der Waals surface area (Å²) in [6, 6.07) is 4.23. The SMILES string of the molecule is C=[C]c1cc(Cl)cc(OC(F)F)c1. The summed E-state index contributed by atoms with van der Waals surface area (Å²) in [7, 11) is 0. The zero-order valence-corrected chi connectivity index (χ0v) is 7.31. The number of rotatable bonds is 3. The van der Waals surface area contributed by atoms with Crippen molar-refractivity contribution in [1.29, 1.82) is 0 Å². The van der Waals surface area contributed by atoms with Crippen molar-refractivity contribution >= 4 is 11.6 Å². The number of hydrogen-bond acceptors (Lipinski definition) is 1. The Labute approximate surface area is 79.6 Å². The van der Waals surface area contributed by atoms with Gasteiger partial charge >= 0.3 is 6.61 Å². The van der Waals surface area contributed by atoms with Gasteiger partial charge in [-0.15, -0.1) is 0 Å². The van der Waals surface area contributed by atoms with Gasteiger partial charge in [-0.05, 0) is 29.8 Å². The summed E-state index contributed by atoms with van der Waals surface area (Å²) < 4.78 is 27.7. The molecule has 0 amide bonds. The number of alkyl halides is 2. The van der Waals surface area contributed by atoms with Crippen LogP contribution in [-0.4, -0.2) is 6.61 Å². The highest BCUT2D eigenvalue weighted by Gasteiger charge is 2.05. The van der Waals surface area contributed by atoms with E-state index in [1.165, 1.54) is 12.1 Å². The molecule has 0 fully saturated rings. The van der Waals surface area contributed by atoms with E-state index in [2.05, 4.69) is 17.4 Å². The van der Waals surface area contributed by atoms with Gasteiger partial charge in [0.15, 0.2) is 0 Å². The fraction of sp³-hybridized carbons (Fsp3) is 0.111. The summed E-state index contributed by atoms with van der Waals surface area (Å²) in [6.45, 7) is 0.515. The number of halogens is 3. The first-order valence-electron chi connectivity index (χ1n) is 3.40. The monoisotopic (exact) mass is 203 g/mol. The van der Waals surface area contributed by atoms with E-state index < -0.39 is 6.61 Å². The third kappa shape index (κ3) is 3.03. The van der Waals surface area contributed by atoms with Crippen molar-refractivity contribution in [2.45, 2.75) is 6.61 Å². The molecule has 0 unspecified atom stereocenters. The Balaban J connectivity index is 2.94. The van der Waals surface area contributed by atoms with Gasteiger partial charge in [-0.1, -0.05) is 18.2 Å². The highest BCUT2D eigenvalue weighted by Crippen LogP contribution is 2.22. The van der Waals surface area contributed by atoms with Gasteiger partial charge in [0.05, 0.1) is 0 Å². The Morgan fingerprint density at radius 1 is 1.38 bits per heavy atom. The van der Waals surface area contributed by atoms with Crippen molar-refractivity contribution in [3.05, 3.63) is 41.4 Å². The van der Waals surface area contributed by atoms with Crippen LogP contribution in [0.2, 0.25) is 5.02 Å². The average Bonchev–Trinajstić information content (AvgIpc) is 2.01. The van der Waals surface area contributed by atoms with Crippen LogP contribution in [0.4, 0.5) is 8.78 Å². The van der Waals surface area contributed by atoms with Gasteiger partial charge in [0.25, 0.3) is 0 Å². The van der Waals surface area contributed by atoms with Crippen LogP contribution in [0, 0.1) is 6.08 Å². The first-order valence-corrected chi connectivity index (χ1v) is 3.78. The molecule has 0 saturated carbocycles. The summed E-state index contributed by atoms with van der Waals surface area (Å²) in [5, 5.41) is 0.310. The Morgan fingerprint density at radius 3 is 2.62 bits per heavy atom. The normalized spacial score (nSPS) is 10.2. The molecule has 0 spiro atoms. The lowest BCUT2D eigenvalue weighted by molar-refractivity contribution is -0.0498. The fourth-order valence-electron chi connectivity index (χ4n) is 0.836. The second-order valence-electron chi connectivity index (χ2n) is 2.23. The van der Waals surface area contributed by atoms with Crippen molar-refractivity contribution < 1.29 is 13.5 Å². The fourth-order valence-corrected chi connectivity index (χ4v) is 1.06. The standard InChI is InChI=1S/C9H6ClF2O/c1-2-6-3-7(10)5-8(4-6)13-9(11)12/h3-5,9H,1H2. The molecule has 0 aliphatic carbocycles. The summed E-state index contributed by atoms with van der Waals surface area (Å²) in [4.78, 5) is 0. The molecule has 0 saturated heterocycles. The van der Waals surface area contributed by atoms with Crippen LogP contribution < -0.4 is 4.74 Å². The van der Waals surface area contributed by atoms with Crippen molar-refractivity contribution in [2.24, 2.45) is 0 Å². The summed E-state index contributed by atoms with van der Waals surface area (Å²) in [5.41, 5.74) is 0.517. The Hall–Kier alpha value is -1.09. The lowest BCUT2D eigenvalue weighted by Crippen LogP contribution is -2.01. The molecule has 1 aromatic rings. The molecule has 0 aliphatic rings. The lowest BCUT2D eigenvalue weighted by Gasteiger charge is -2.05. The largest absolute Gasteiger partial charge is 0.435 e. The molecule has 4 heteroatoms. The smallest absolute Gasteiger partial charge is 0.387 e. The van der Waals surface area contributed by atoms with E-state index in [-0.39, 0.29) is 5.75 Å². The first kappa shape index (κ1) is 9.99. The van der Waals surface area contributed by atoms with E-state index in [1.807, 2.05) is 0 Å². The molecule has 69 valence electrons. The molecule has 0 aromatic heterocycles. The maximum atomic E-state index is 11.8. The second-order valence-corrected chi connectivity index (χ2v) is 2.67. The molecular weight excluding hydrogens is 198 g/mol. The van der Waals surface area contributed by atoms with Crippen LogP contribution in [0.15, 0.2) is 24.8 Å². The molecule has 0 aliphatic heterocycles. The van der Waals surface area contributed by atoms with Crippen molar-refractivity contribution in [3.8, 4) is 5.75 Å². The summed E-state index contributed by atoms with van der Waals surface area (Å²) in [5.74, 6) is 0.00801. The van der Waals surface area contributed by atoms with Crippen LogP contribution in [0.5, 0.6) is 5.75 Å². The molecular formula is C9H6ClF2O. The minimum Gasteiger partial charge on any atom is -0.435 e. The maximum Gasteiger partial charge on any atom is 0.387 e. The van der Waals surface area contributed by atoms with E-state index in [0.717, 1.165) is 0 Å². The van der Waals surface area contributed by atoms with Crippen LogP contribution in [0.1, 0.15) is 5.56 Å². The van der Waals surface area contributed by atoms with Crippen molar-refractivity contribution in [2.75, 3.05) is 0 Å². The average molecular weight is 204 g/mol. The van der Waals surface area contributed by atoms with Crippen LogP contribution in [-0.2, 0) is 0 Å². The maximum absolute atomic E-state index is 11.8. The molecule has 0 N–H and O–H groups in total. The van der Waals surface area contributed by atoms with E-state index in [4.69, 9.17) is 11.6 Å². The molecule has 0 heterocycles. The van der Waals surface area contributed by atoms with Gasteiger partial charge in [0.1, 0.15) is 5.75 Å². The van der Waals surface area contributed by atoms with Crippen molar-refractivity contribution in [3.63, 3.8) is 0 Å². The number of benzene rings is 1. The molecule has 13 heavy (non-hydrogen) atoms. The third-order valence-corrected chi connectivity index (χ3v) is 1.52. The zero-order valence-electron chi connectivity index (χ0n) is 6.56. The lowest BCUT2D eigenvalue weighted by atomic mass is 10.2. The van der Waals surface area contributed by atoms with Gasteiger partial charge in [-0.3, -0.25) is 0 Å². The second kappa shape index (κ2) is 4.23. The van der Waals surface area contributed by atoms with Gasteiger partial charge < -0.3 is 4.74 Å². The zero-order chi connectivity index (χ0) is 9.84. The van der Waals surface area contributed by atoms with Gasteiger partial charge in [0, 0.05) is 5.02 Å². The Morgan fingerprint density at radius 2 is 2.08 bits per heavy atom. The van der Waals surface area contributed by atoms with Crippen LogP contribution in [0.3, 0.4) is 0 Å². The molecule has 1 nitrogen and oxygen atoms in total. The topological polar surface area (TPSA) is 9.23 Å². The van der Waals surface area contributed by atoms with Gasteiger partial charge in [-0.2, -0.15) is 8.78 Å². The van der Waals surface area contributed by atoms with Crippen LogP contribution in [0.25, 0.3) is 0 Å². The highest BCUT2D eigenvalue weighted by molar-refractivity contribution is 6.30.